The molecule has 0 saturated carbocycles. The van der Waals surface area contributed by atoms with Gasteiger partial charge in [-0.3, -0.25) is 0 Å². The van der Waals surface area contributed by atoms with Crippen molar-refractivity contribution in [3.8, 4) is 0 Å². The fourth-order valence-corrected chi connectivity index (χ4v) is 1.79. The number of aromatic carboxylic acids is 1. The zero-order valence-corrected chi connectivity index (χ0v) is 9.82. The van der Waals surface area contributed by atoms with Gasteiger partial charge in [0.15, 0.2) is 14.9 Å². The maximum atomic E-state index is 11.4. The summed E-state index contributed by atoms with van der Waals surface area (Å²) >= 11 is 0. The van der Waals surface area contributed by atoms with Gasteiger partial charge in [0.05, 0.1) is 0 Å². The van der Waals surface area contributed by atoms with Crippen molar-refractivity contribution >= 4 is 21.8 Å². The third-order valence-electron chi connectivity index (χ3n) is 1.72. The zero-order chi connectivity index (χ0) is 12.5. The second kappa shape index (κ2) is 4.05. The number of carbonyl (C=O) groups is 1. The lowest BCUT2D eigenvalue weighted by atomic mass is 10.3. The third-order valence-corrected chi connectivity index (χ3v) is 2.74. The highest BCUT2D eigenvalue weighted by atomic mass is 32.2. The van der Waals surface area contributed by atoms with Crippen molar-refractivity contribution in [2.45, 2.75) is 5.03 Å². The molecule has 0 unspecified atom stereocenters. The minimum atomic E-state index is -3.69. The van der Waals surface area contributed by atoms with Gasteiger partial charge < -0.3 is 10.0 Å². The number of sulfone groups is 1. The van der Waals surface area contributed by atoms with Crippen molar-refractivity contribution in [1.29, 1.82) is 0 Å². The van der Waals surface area contributed by atoms with Gasteiger partial charge in [-0.05, 0) is 0 Å². The van der Waals surface area contributed by atoms with E-state index in [2.05, 4.69) is 9.97 Å². The average molecular weight is 245 g/mol. The summed E-state index contributed by atoms with van der Waals surface area (Å²) in [5.74, 6) is -1.23. The highest BCUT2D eigenvalue weighted by molar-refractivity contribution is 7.90. The SMILES string of the molecule is CN(C)c1ncc(C(=O)O)c(S(C)(=O)=O)n1. The van der Waals surface area contributed by atoms with Crippen molar-refractivity contribution in [2.24, 2.45) is 0 Å². The maximum Gasteiger partial charge on any atom is 0.340 e. The summed E-state index contributed by atoms with van der Waals surface area (Å²) in [5, 5.41) is 8.33. The van der Waals surface area contributed by atoms with Crippen LogP contribution in [-0.4, -0.2) is 49.8 Å². The summed E-state index contributed by atoms with van der Waals surface area (Å²) in [7, 11) is -0.439. The van der Waals surface area contributed by atoms with Gasteiger partial charge in [-0.2, -0.15) is 0 Å². The van der Waals surface area contributed by atoms with E-state index in [4.69, 9.17) is 5.11 Å². The van der Waals surface area contributed by atoms with Gasteiger partial charge in [0.1, 0.15) is 5.56 Å². The molecule has 1 aromatic heterocycles. The fourth-order valence-electron chi connectivity index (χ4n) is 1.00. The van der Waals surface area contributed by atoms with Crippen molar-refractivity contribution in [3.05, 3.63) is 11.8 Å². The first-order valence-electron chi connectivity index (χ1n) is 4.21. The highest BCUT2D eigenvalue weighted by Gasteiger charge is 2.22. The number of hydrogen-bond acceptors (Lipinski definition) is 6. The van der Waals surface area contributed by atoms with Gasteiger partial charge in [-0.1, -0.05) is 0 Å². The number of rotatable bonds is 3. The number of hydrogen-bond donors (Lipinski definition) is 1. The molecule has 0 aliphatic carbocycles. The Balaban J connectivity index is 3.51. The minimum Gasteiger partial charge on any atom is -0.478 e. The fraction of sp³-hybridized carbons (Fsp3) is 0.375. The number of carboxylic acid groups (broad SMARTS) is 1. The molecular weight excluding hydrogens is 234 g/mol. The van der Waals surface area contributed by atoms with Crippen LogP contribution in [0.5, 0.6) is 0 Å². The summed E-state index contributed by atoms with van der Waals surface area (Å²) in [4.78, 5) is 19.7. The van der Waals surface area contributed by atoms with Gasteiger partial charge in [0, 0.05) is 26.5 Å². The molecule has 88 valence electrons. The van der Waals surface area contributed by atoms with Crippen LogP contribution in [-0.2, 0) is 9.84 Å². The Bertz CT molecular complexity index is 524. The number of aromatic nitrogens is 2. The van der Waals surface area contributed by atoms with Crippen molar-refractivity contribution in [1.82, 2.24) is 9.97 Å². The van der Waals surface area contributed by atoms with Crippen molar-refractivity contribution < 1.29 is 18.3 Å². The van der Waals surface area contributed by atoms with Crippen LogP contribution in [0.4, 0.5) is 5.95 Å². The largest absolute Gasteiger partial charge is 0.478 e. The van der Waals surface area contributed by atoms with Gasteiger partial charge in [0.2, 0.25) is 5.95 Å². The molecule has 0 fully saturated rings. The van der Waals surface area contributed by atoms with Crippen LogP contribution < -0.4 is 4.90 Å². The van der Waals surface area contributed by atoms with E-state index < -0.39 is 26.4 Å². The first-order chi connectivity index (χ1) is 7.23. The van der Waals surface area contributed by atoms with E-state index in [1.54, 1.807) is 14.1 Å². The van der Waals surface area contributed by atoms with E-state index in [-0.39, 0.29) is 5.95 Å². The predicted octanol–water partition coefficient (Wildman–Crippen LogP) is -0.356. The summed E-state index contributed by atoms with van der Waals surface area (Å²) in [6.07, 6.45) is 1.89. The molecule has 1 aromatic rings. The molecule has 1 N–H and O–H groups in total. The second-order valence-corrected chi connectivity index (χ2v) is 5.29. The van der Waals surface area contributed by atoms with E-state index in [9.17, 15) is 13.2 Å². The van der Waals surface area contributed by atoms with Gasteiger partial charge in [0.25, 0.3) is 0 Å². The zero-order valence-electron chi connectivity index (χ0n) is 9.00. The molecule has 8 heteroatoms. The molecule has 7 nitrogen and oxygen atoms in total. The first kappa shape index (κ1) is 12.4. The van der Waals surface area contributed by atoms with Crippen LogP contribution in [0, 0.1) is 0 Å². The summed E-state index contributed by atoms with van der Waals surface area (Å²) < 4.78 is 22.7. The Kier molecular flexibility index (Phi) is 3.13. The Morgan fingerprint density at radius 2 is 2.00 bits per heavy atom. The molecule has 0 saturated heterocycles. The molecule has 0 atom stereocenters. The molecule has 0 spiro atoms. The summed E-state index contributed by atoms with van der Waals surface area (Å²) in [6, 6.07) is 0. The molecule has 0 aliphatic rings. The lowest BCUT2D eigenvalue weighted by molar-refractivity contribution is 0.0691. The molecular formula is C8H11N3O4S. The minimum absolute atomic E-state index is 0.144. The molecule has 1 rings (SSSR count). The van der Waals surface area contributed by atoms with Gasteiger partial charge in [-0.25, -0.2) is 23.2 Å². The average Bonchev–Trinajstić information content (AvgIpc) is 2.15. The second-order valence-electron chi connectivity index (χ2n) is 3.36. The van der Waals surface area contributed by atoms with Crippen molar-refractivity contribution in [2.75, 3.05) is 25.3 Å². The third kappa shape index (κ3) is 2.45. The summed E-state index contributed by atoms with van der Waals surface area (Å²) in [5.41, 5.74) is -0.423. The standard InChI is InChI=1S/C8H11N3O4S/c1-11(2)8-9-4-5(7(12)13)6(10-8)16(3,14)15/h4H,1-3H3,(H,12,13). The quantitative estimate of drug-likeness (QED) is 0.726. The molecule has 1 heterocycles. The number of carboxylic acids is 1. The molecule has 16 heavy (non-hydrogen) atoms. The normalized spacial score (nSPS) is 11.2. The van der Waals surface area contributed by atoms with Gasteiger partial charge in [-0.15, -0.1) is 0 Å². The van der Waals surface area contributed by atoms with E-state index >= 15 is 0 Å². The van der Waals surface area contributed by atoms with Gasteiger partial charge >= 0.3 is 5.97 Å². The molecule has 0 aliphatic heterocycles. The van der Waals surface area contributed by atoms with E-state index in [1.807, 2.05) is 0 Å². The monoisotopic (exact) mass is 245 g/mol. The first-order valence-corrected chi connectivity index (χ1v) is 6.10. The summed E-state index contributed by atoms with van der Waals surface area (Å²) in [6.45, 7) is 0. The van der Waals surface area contributed by atoms with E-state index in [0.29, 0.717) is 0 Å². The Labute approximate surface area is 92.7 Å². The van der Waals surface area contributed by atoms with E-state index in [1.165, 1.54) is 4.90 Å². The van der Waals surface area contributed by atoms with Crippen LogP contribution in [0.2, 0.25) is 0 Å². The lowest BCUT2D eigenvalue weighted by Crippen LogP contribution is -2.17. The van der Waals surface area contributed by atoms with Crippen molar-refractivity contribution in [3.63, 3.8) is 0 Å². The van der Waals surface area contributed by atoms with Crippen LogP contribution >= 0.6 is 0 Å². The van der Waals surface area contributed by atoms with Crippen LogP contribution in [0.3, 0.4) is 0 Å². The van der Waals surface area contributed by atoms with Crippen LogP contribution in [0.1, 0.15) is 10.4 Å². The maximum absolute atomic E-state index is 11.4. The Morgan fingerprint density at radius 1 is 1.44 bits per heavy atom. The molecule has 0 amide bonds. The van der Waals surface area contributed by atoms with E-state index in [0.717, 1.165) is 12.5 Å². The Hall–Kier alpha value is -1.70. The topological polar surface area (TPSA) is 100 Å². The number of anilines is 1. The smallest absolute Gasteiger partial charge is 0.340 e. The Morgan fingerprint density at radius 3 is 2.38 bits per heavy atom. The molecule has 0 bridgehead atoms. The molecule has 0 radical (unpaired) electrons. The van der Waals surface area contributed by atoms with Crippen LogP contribution in [0.25, 0.3) is 0 Å². The number of nitrogens with zero attached hydrogens (tertiary/aromatic N) is 3. The predicted molar refractivity (Wildman–Crippen MR) is 56.4 cm³/mol. The van der Waals surface area contributed by atoms with Crippen LogP contribution in [0.15, 0.2) is 11.2 Å². The lowest BCUT2D eigenvalue weighted by Gasteiger charge is -2.11. The molecule has 0 aromatic carbocycles. The highest BCUT2D eigenvalue weighted by Crippen LogP contribution is 2.15.